The third kappa shape index (κ3) is 3.87. The predicted molar refractivity (Wildman–Crippen MR) is 77.6 cm³/mol. The van der Waals surface area contributed by atoms with Crippen LogP contribution in [0.4, 0.5) is 0 Å². The fraction of sp³-hybridized carbons (Fsp3) is 0.0714. The maximum atomic E-state index is 11.7. The molecule has 2 aromatic rings. The van der Waals surface area contributed by atoms with E-state index in [1.165, 1.54) is 0 Å². The molecule has 0 bridgehead atoms. The number of halogens is 3. The van der Waals surface area contributed by atoms with Gasteiger partial charge in [-0.15, -0.1) is 0 Å². The Hall–Kier alpha value is -1.22. The van der Waals surface area contributed by atoms with Crippen LogP contribution in [-0.2, 0) is 0 Å². The van der Waals surface area contributed by atoms with Crippen molar-refractivity contribution in [1.29, 1.82) is 0 Å². The summed E-state index contributed by atoms with van der Waals surface area (Å²) in [5.74, 6) is 0.749. The van der Waals surface area contributed by atoms with Gasteiger partial charge in [-0.25, -0.2) is 0 Å². The summed E-state index contributed by atoms with van der Waals surface area (Å²) in [6.07, 6.45) is 0. The first-order valence-corrected chi connectivity index (χ1v) is 6.55. The van der Waals surface area contributed by atoms with Gasteiger partial charge in [0.25, 0.3) is 3.79 Å². The number of hydrogen-bond acceptors (Lipinski definition) is 2. The van der Waals surface area contributed by atoms with Gasteiger partial charge < -0.3 is 4.74 Å². The number of alkyl halides is 3. The summed E-state index contributed by atoms with van der Waals surface area (Å²) in [4.78, 5) is 11.7. The fourth-order valence-corrected chi connectivity index (χ4v) is 1.79. The molecule has 0 radical (unpaired) electrons. The Labute approximate surface area is 125 Å². The van der Waals surface area contributed by atoms with Gasteiger partial charge in [-0.3, -0.25) is 4.79 Å². The third-order valence-corrected chi connectivity index (χ3v) is 2.87. The predicted octanol–water partition coefficient (Wildman–Crippen LogP) is 5.03. The van der Waals surface area contributed by atoms with Gasteiger partial charge >= 0.3 is 0 Å². The molecule has 0 aliphatic rings. The van der Waals surface area contributed by atoms with E-state index in [1.54, 1.807) is 24.3 Å². The third-order valence-electron chi connectivity index (χ3n) is 2.35. The van der Waals surface area contributed by atoms with Gasteiger partial charge in [0.05, 0.1) is 0 Å². The number of benzene rings is 2. The first-order chi connectivity index (χ1) is 8.97. The smallest absolute Gasteiger partial charge is 0.253 e. The van der Waals surface area contributed by atoms with E-state index in [9.17, 15) is 4.79 Å². The van der Waals surface area contributed by atoms with Crippen LogP contribution in [0.25, 0.3) is 0 Å². The Balaban J connectivity index is 2.13. The average molecular weight is 316 g/mol. The van der Waals surface area contributed by atoms with E-state index in [4.69, 9.17) is 39.5 Å². The minimum Gasteiger partial charge on any atom is -0.457 e. The van der Waals surface area contributed by atoms with Crippen molar-refractivity contribution in [2.24, 2.45) is 0 Å². The standard InChI is InChI=1S/C14H9Cl3O2/c15-14(16,17)13(18)10-6-8-12(9-7-10)19-11-4-2-1-3-5-11/h1-9H. The van der Waals surface area contributed by atoms with E-state index < -0.39 is 9.58 Å². The molecule has 19 heavy (non-hydrogen) atoms. The van der Waals surface area contributed by atoms with Crippen molar-refractivity contribution >= 4 is 40.6 Å². The van der Waals surface area contributed by atoms with Crippen molar-refractivity contribution in [3.05, 3.63) is 60.2 Å². The zero-order valence-electron chi connectivity index (χ0n) is 9.65. The highest BCUT2D eigenvalue weighted by Crippen LogP contribution is 2.31. The average Bonchev–Trinajstić information content (AvgIpc) is 2.39. The second kappa shape index (κ2) is 5.83. The van der Waals surface area contributed by atoms with Crippen LogP contribution in [0.5, 0.6) is 11.5 Å². The number of Topliss-reactive ketones (excluding diaryl/α,β-unsaturated/α-hetero) is 1. The summed E-state index contributed by atoms with van der Waals surface area (Å²) in [5.41, 5.74) is 0.320. The molecule has 0 saturated heterocycles. The molecule has 0 aliphatic heterocycles. The minimum absolute atomic E-state index is 0.320. The highest BCUT2D eigenvalue weighted by Gasteiger charge is 2.31. The zero-order valence-corrected chi connectivity index (χ0v) is 11.9. The lowest BCUT2D eigenvalue weighted by atomic mass is 10.1. The van der Waals surface area contributed by atoms with Crippen molar-refractivity contribution in [3.8, 4) is 11.5 Å². The van der Waals surface area contributed by atoms with Gasteiger partial charge in [-0.05, 0) is 36.4 Å². The van der Waals surface area contributed by atoms with Crippen LogP contribution < -0.4 is 4.74 Å². The normalized spacial score (nSPS) is 11.1. The molecule has 5 heteroatoms. The molecule has 0 heterocycles. The molecule has 0 fully saturated rings. The van der Waals surface area contributed by atoms with Crippen LogP contribution in [0, 0.1) is 0 Å². The SMILES string of the molecule is O=C(c1ccc(Oc2ccccc2)cc1)C(Cl)(Cl)Cl. The topological polar surface area (TPSA) is 26.3 Å². The van der Waals surface area contributed by atoms with Crippen LogP contribution in [0.2, 0.25) is 0 Å². The molecule has 0 aliphatic carbocycles. The van der Waals surface area contributed by atoms with E-state index in [1.807, 2.05) is 30.3 Å². The molecule has 0 saturated carbocycles. The maximum Gasteiger partial charge on any atom is 0.253 e. The molecular formula is C14H9Cl3O2. The second-order valence-corrected chi connectivity index (χ2v) is 6.05. The number of rotatable bonds is 3. The maximum absolute atomic E-state index is 11.7. The fourth-order valence-electron chi connectivity index (χ4n) is 1.46. The van der Waals surface area contributed by atoms with Gasteiger partial charge in [-0.2, -0.15) is 0 Å². The largest absolute Gasteiger partial charge is 0.457 e. The van der Waals surface area contributed by atoms with Gasteiger partial charge in [0.2, 0.25) is 5.78 Å². The minimum atomic E-state index is -1.94. The van der Waals surface area contributed by atoms with Crippen molar-refractivity contribution in [2.45, 2.75) is 3.79 Å². The summed E-state index contributed by atoms with van der Waals surface area (Å²) in [7, 11) is 0. The Morgan fingerprint density at radius 3 is 1.89 bits per heavy atom. The van der Waals surface area contributed by atoms with Crippen LogP contribution in [0.1, 0.15) is 10.4 Å². The lowest BCUT2D eigenvalue weighted by Crippen LogP contribution is -2.18. The molecule has 0 aromatic heterocycles. The van der Waals surface area contributed by atoms with Crippen LogP contribution in [0.15, 0.2) is 54.6 Å². The lowest BCUT2D eigenvalue weighted by Gasteiger charge is -2.10. The number of para-hydroxylation sites is 1. The highest BCUT2D eigenvalue weighted by atomic mass is 35.6. The molecule has 0 spiro atoms. The highest BCUT2D eigenvalue weighted by molar-refractivity contribution is 6.77. The quantitative estimate of drug-likeness (QED) is 0.586. The Bertz CT molecular complexity index is 559. The molecule has 0 amide bonds. The Morgan fingerprint density at radius 2 is 1.37 bits per heavy atom. The van der Waals surface area contributed by atoms with Gasteiger partial charge in [-0.1, -0.05) is 53.0 Å². The molecule has 98 valence electrons. The van der Waals surface area contributed by atoms with Gasteiger partial charge in [0.15, 0.2) is 0 Å². The molecule has 0 unspecified atom stereocenters. The summed E-state index contributed by atoms with van der Waals surface area (Å²) >= 11 is 16.6. The molecule has 2 rings (SSSR count). The molecule has 2 aromatic carbocycles. The summed E-state index contributed by atoms with van der Waals surface area (Å²) in [5, 5.41) is 0. The molecule has 0 atom stereocenters. The number of ketones is 1. The van der Waals surface area contributed by atoms with E-state index in [2.05, 4.69) is 0 Å². The van der Waals surface area contributed by atoms with Crippen LogP contribution in [0.3, 0.4) is 0 Å². The van der Waals surface area contributed by atoms with E-state index in [0.29, 0.717) is 17.1 Å². The van der Waals surface area contributed by atoms with Crippen LogP contribution in [-0.4, -0.2) is 9.58 Å². The number of carbonyl (C=O) groups is 1. The Kier molecular flexibility index (Phi) is 4.35. The van der Waals surface area contributed by atoms with Crippen molar-refractivity contribution in [2.75, 3.05) is 0 Å². The number of ether oxygens (including phenoxy) is 1. The first-order valence-electron chi connectivity index (χ1n) is 5.41. The number of hydrogen-bond donors (Lipinski definition) is 0. The Morgan fingerprint density at radius 1 is 0.842 bits per heavy atom. The second-order valence-electron chi connectivity index (χ2n) is 3.77. The van der Waals surface area contributed by atoms with E-state index in [0.717, 1.165) is 0 Å². The van der Waals surface area contributed by atoms with Gasteiger partial charge in [0.1, 0.15) is 11.5 Å². The van der Waals surface area contributed by atoms with Gasteiger partial charge in [0, 0.05) is 5.56 Å². The summed E-state index contributed by atoms with van der Waals surface area (Å²) in [6, 6.07) is 15.7. The molecule has 0 N–H and O–H groups in total. The summed E-state index contributed by atoms with van der Waals surface area (Å²) < 4.78 is 3.65. The van der Waals surface area contributed by atoms with E-state index in [-0.39, 0.29) is 0 Å². The molecule has 2 nitrogen and oxygen atoms in total. The van der Waals surface area contributed by atoms with Crippen molar-refractivity contribution in [1.82, 2.24) is 0 Å². The molecular weight excluding hydrogens is 307 g/mol. The zero-order chi connectivity index (χ0) is 13.9. The lowest BCUT2D eigenvalue weighted by molar-refractivity contribution is 0.0996. The summed E-state index contributed by atoms with van der Waals surface area (Å²) in [6.45, 7) is 0. The van der Waals surface area contributed by atoms with E-state index >= 15 is 0 Å². The monoisotopic (exact) mass is 314 g/mol. The van der Waals surface area contributed by atoms with Crippen LogP contribution >= 0.6 is 34.8 Å². The van der Waals surface area contributed by atoms with Crippen molar-refractivity contribution < 1.29 is 9.53 Å². The van der Waals surface area contributed by atoms with Crippen molar-refractivity contribution in [3.63, 3.8) is 0 Å². The first kappa shape index (κ1) is 14.2. The number of carbonyl (C=O) groups excluding carboxylic acids is 1.